The van der Waals surface area contributed by atoms with E-state index < -0.39 is 24.4 Å². The molecule has 3 N–H and O–H groups in total. The molecule has 1 aliphatic rings. The van der Waals surface area contributed by atoms with E-state index in [4.69, 9.17) is 9.47 Å². The number of hydrogen-bond acceptors (Lipinski definition) is 5. The van der Waals surface area contributed by atoms with E-state index in [-0.39, 0.29) is 13.2 Å². The van der Waals surface area contributed by atoms with E-state index in [1.165, 1.54) is 70.6 Å². The minimum absolute atomic E-state index is 0.0692. The van der Waals surface area contributed by atoms with Gasteiger partial charge in [0.2, 0.25) is 0 Å². The first kappa shape index (κ1) is 25.6. The molecule has 0 amide bonds. The predicted octanol–water partition coefficient (Wildman–Crippen LogP) is 4.13. The zero-order valence-corrected chi connectivity index (χ0v) is 17.9. The molecule has 0 aliphatic carbocycles. The molecule has 0 radical (unpaired) electrons. The first-order valence-electron chi connectivity index (χ1n) is 11.5. The van der Waals surface area contributed by atoms with E-state index >= 15 is 0 Å². The molecule has 0 spiro atoms. The van der Waals surface area contributed by atoms with E-state index in [1.54, 1.807) is 0 Å². The maximum Gasteiger partial charge on any atom is 0.114 e. The molecule has 5 nitrogen and oxygen atoms in total. The molecule has 1 aliphatic heterocycles. The van der Waals surface area contributed by atoms with E-state index in [9.17, 15) is 15.3 Å². The maximum absolute atomic E-state index is 9.94. The van der Waals surface area contributed by atoms with Crippen molar-refractivity contribution in [2.45, 2.75) is 115 Å². The van der Waals surface area contributed by atoms with Crippen LogP contribution in [0.1, 0.15) is 90.4 Å². The minimum Gasteiger partial charge on any atom is -0.388 e. The summed E-state index contributed by atoms with van der Waals surface area (Å²) in [5.74, 6) is 0. The van der Waals surface area contributed by atoms with Crippen molar-refractivity contribution in [1.29, 1.82) is 0 Å². The van der Waals surface area contributed by atoms with Gasteiger partial charge in [-0.25, -0.2) is 0 Å². The van der Waals surface area contributed by atoms with Crippen LogP contribution in [0.25, 0.3) is 0 Å². The highest BCUT2D eigenvalue weighted by atomic mass is 16.5. The molecule has 0 aromatic carbocycles. The fraction of sp³-hybridized carbons (Fsp3) is 0.913. The summed E-state index contributed by atoms with van der Waals surface area (Å²) in [4.78, 5) is 0. The number of rotatable bonds is 18. The topological polar surface area (TPSA) is 79.2 Å². The molecule has 0 unspecified atom stereocenters. The Morgan fingerprint density at radius 3 is 1.93 bits per heavy atom. The molecule has 0 bridgehead atoms. The summed E-state index contributed by atoms with van der Waals surface area (Å²) in [6.07, 6.45) is 17.7. The fourth-order valence-electron chi connectivity index (χ4n) is 3.66. The third kappa shape index (κ3) is 12.2. The van der Waals surface area contributed by atoms with Crippen molar-refractivity contribution in [3.63, 3.8) is 0 Å². The summed E-state index contributed by atoms with van der Waals surface area (Å²) in [5.41, 5.74) is 0. The molecule has 1 fully saturated rings. The highest BCUT2D eigenvalue weighted by Crippen LogP contribution is 2.18. The lowest BCUT2D eigenvalue weighted by Gasteiger charge is -2.20. The highest BCUT2D eigenvalue weighted by molar-refractivity contribution is 4.87. The summed E-state index contributed by atoms with van der Waals surface area (Å²) < 4.78 is 10.7. The number of ether oxygens (including phenoxy) is 2. The van der Waals surface area contributed by atoms with Crippen molar-refractivity contribution < 1.29 is 24.8 Å². The van der Waals surface area contributed by atoms with Crippen LogP contribution in [0.5, 0.6) is 0 Å². The Morgan fingerprint density at radius 2 is 1.43 bits per heavy atom. The van der Waals surface area contributed by atoms with Crippen molar-refractivity contribution >= 4 is 0 Å². The molecule has 0 aromatic rings. The second-order valence-electron chi connectivity index (χ2n) is 8.10. The molecular weight excluding hydrogens is 356 g/mol. The third-order valence-electron chi connectivity index (χ3n) is 5.50. The zero-order chi connectivity index (χ0) is 20.5. The number of allylic oxidation sites excluding steroid dienone is 2. The molecule has 1 rings (SSSR count). The van der Waals surface area contributed by atoms with E-state index in [0.29, 0.717) is 6.61 Å². The van der Waals surface area contributed by atoms with Gasteiger partial charge in [-0.2, -0.15) is 0 Å². The first-order chi connectivity index (χ1) is 13.7. The summed E-state index contributed by atoms with van der Waals surface area (Å²) in [7, 11) is 0. The lowest BCUT2D eigenvalue weighted by atomic mass is 10.0. The average Bonchev–Trinajstić information content (AvgIpc) is 3.03. The first-order valence-corrected chi connectivity index (χ1v) is 11.5. The largest absolute Gasteiger partial charge is 0.388 e. The number of aliphatic hydroxyl groups excluding tert-OH is 3. The summed E-state index contributed by atoms with van der Waals surface area (Å²) in [6.45, 7) is 2.92. The van der Waals surface area contributed by atoms with Crippen LogP contribution in [0.2, 0.25) is 0 Å². The zero-order valence-electron chi connectivity index (χ0n) is 17.9. The van der Waals surface area contributed by atoms with E-state index in [0.717, 1.165) is 12.8 Å². The smallest absolute Gasteiger partial charge is 0.114 e. The van der Waals surface area contributed by atoms with Crippen LogP contribution in [0.15, 0.2) is 12.2 Å². The van der Waals surface area contributed by atoms with Crippen LogP contribution in [0, 0.1) is 0 Å². The van der Waals surface area contributed by atoms with Gasteiger partial charge in [0, 0.05) is 6.61 Å². The molecule has 0 saturated carbocycles. The normalized spacial score (nSPS) is 23.6. The van der Waals surface area contributed by atoms with Crippen LogP contribution >= 0.6 is 0 Å². The quantitative estimate of drug-likeness (QED) is 0.238. The Kier molecular flexibility index (Phi) is 15.9. The standard InChI is InChI=1S/C23H44O5/c1-2-3-4-5-6-7-8-9-10-11-12-13-14-15-16-17-27-18-21(25)23-22(26)20(24)19-28-23/h2-3,20-26H,4-19H2,1H3/b3-2+/t20-,21+,22+,23+/m1/s1. The van der Waals surface area contributed by atoms with Crippen molar-refractivity contribution in [3.8, 4) is 0 Å². The van der Waals surface area contributed by atoms with Crippen LogP contribution in [-0.2, 0) is 9.47 Å². The van der Waals surface area contributed by atoms with Gasteiger partial charge >= 0.3 is 0 Å². The lowest BCUT2D eigenvalue weighted by Crippen LogP contribution is -2.40. The molecule has 5 heteroatoms. The molecule has 166 valence electrons. The Labute approximate surface area is 172 Å². The van der Waals surface area contributed by atoms with E-state index in [1.807, 2.05) is 0 Å². The van der Waals surface area contributed by atoms with E-state index in [2.05, 4.69) is 19.1 Å². The maximum atomic E-state index is 9.94. The van der Waals surface area contributed by atoms with Crippen molar-refractivity contribution in [2.24, 2.45) is 0 Å². The predicted molar refractivity (Wildman–Crippen MR) is 113 cm³/mol. The van der Waals surface area contributed by atoms with Gasteiger partial charge in [-0.15, -0.1) is 0 Å². The molecular formula is C23H44O5. The van der Waals surface area contributed by atoms with Crippen LogP contribution in [0.3, 0.4) is 0 Å². The van der Waals surface area contributed by atoms with Crippen molar-refractivity contribution in [2.75, 3.05) is 19.8 Å². The number of aliphatic hydroxyl groups is 3. The van der Waals surface area contributed by atoms with Crippen molar-refractivity contribution in [3.05, 3.63) is 12.2 Å². The second kappa shape index (κ2) is 17.4. The van der Waals surface area contributed by atoms with Gasteiger partial charge in [-0.1, -0.05) is 76.4 Å². The van der Waals surface area contributed by atoms with Gasteiger partial charge in [0.15, 0.2) is 0 Å². The Balaban J connectivity index is 1.76. The molecule has 28 heavy (non-hydrogen) atoms. The molecule has 1 saturated heterocycles. The van der Waals surface area contributed by atoms with Gasteiger partial charge in [0.25, 0.3) is 0 Å². The van der Waals surface area contributed by atoms with Crippen LogP contribution in [0.4, 0.5) is 0 Å². The Hall–Kier alpha value is -0.460. The number of hydrogen-bond donors (Lipinski definition) is 3. The molecule has 1 heterocycles. The third-order valence-corrected chi connectivity index (χ3v) is 5.50. The second-order valence-corrected chi connectivity index (χ2v) is 8.10. The van der Waals surface area contributed by atoms with Gasteiger partial charge in [-0.05, 0) is 26.2 Å². The fourth-order valence-corrected chi connectivity index (χ4v) is 3.66. The van der Waals surface area contributed by atoms with Crippen LogP contribution < -0.4 is 0 Å². The molecule has 0 aromatic heterocycles. The average molecular weight is 401 g/mol. The summed E-state index contributed by atoms with van der Waals surface area (Å²) >= 11 is 0. The summed E-state index contributed by atoms with van der Waals surface area (Å²) in [5, 5.41) is 29.0. The van der Waals surface area contributed by atoms with Gasteiger partial charge in [0.05, 0.1) is 13.2 Å². The lowest BCUT2D eigenvalue weighted by molar-refractivity contribution is -0.0813. The van der Waals surface area contributed by atoms with Crippen LogP contribution in [-0.4, -0.2) is 59.6 Å². The highest BCUT2D eigenvalue weighted by Gasteiger charge is 2.39. The SMILES string of the molecule is C/C=C/CCCCCCCCCCCCCCOC[C@H](O)[C@@H]1OC[C@@H](O)[C@@H]1O. The number of unbranched alkanes of at least 4 members (excludes halogenated alkanes) is 12. The van der Waals surface area contributed by atoms with Gasteiger partial charge in [0.1, 0.15) is 24.4 Å². The monoisotopic (exact) mass is 400 g/mol. The van der Waals surface area contributed by atoms with Gasteiger partial charge < -0.3 is 24.8 Å². The Morgan fingerprint density at radius 1 is 0.893 bits per heavy atom. The molecule has 4 atom stereocenters. The summed E-state index contributed by atoms with van der Waals surface area (Å²) in [6, 6.07) is 0. The Bertz CT molecular complexity index is 374. The minimum atomic E-state index is -1.03. The van der Waals surface area contributed by atoms with Crippen molar-refractivity contribution in [1.82, 2.24) is 0 Å². The van der Waals surface area contributed by atoms with Gasteiger partial charge in [-0.3, -0.25) is 0 Å².